The number of benzene rings is 2. The number of anilines is 1. The maximum atomic E-state index is 13.0. The number of imidazole rings is 1. The summed E-state index contributed by atoms with van der Waals surface area (Å²) in [5.74, 6) is 0.0837. The Morgan fingerprint density at radius 3 is 2.42 bits per heavy atom. The van der Waals surface area contributed by atoms with Gasteiger partial charge in [-0.05, 0) is 61.9 Å². The molecule has 1 aliphatic heterocycles. The van der Waals surface area contributed by atoms with Crippen LogP contribution in [-0.2, 0) is 0 Å². The number of fused-ring (bicyclic) bond motifs is 1. The van der Waals surface area contributed by atoms with Crippen molar-refractivity contribution in [3.8, 4) is 5.69 Å². The van der Waals surface area contributed by atoms with Gasteiger partial charge >= 0.3 is 0 Å². The monoisotopic (exact) mass is 411 g/mol. The van der Waals surface area contributed by atoms with Gasteiger partial charge in [0.1, 0.15) is 11.8 Å². The second kappa shape index (κ2) is 7.87. The molecule has 0 N–H and O–H groups in total. The molecule has 0 spiro atoms. The van der Waals surface area contributed by atoms with E-state index in [4.69, 9.17) is 0 Å². The van der Waals surface area contributed by atoms with E-state index in [9.17, 15) is 4.79 Å². The lowest BCUT2D eigenvalue weighted by Crippen LogP contribution is -2.49. The number of pyridine rings is 1. The molecule has 2 aromatic carbocycles. The Kier molecular flexibility index (Phi) is 4.90. The van der Waals surface area contributed by atoms with Gasteiger partial charge in [0.05, 0.1) is 0 Å². The summed E-state index contributed by atoms with van der Waals surface area (Å²) in [5, 5.41) is 0. The molecule has 5 rings (SSSR count). The van der Waals surface area contributed by atoms with Gasteiger partial charge in [0.15, 0.2) is 5.65 Å². The summed E-state index contributed by atoms with van der Waals surface area (Å²) >= 11 is 0. The van der Waals surface area contributed by atoms with E-state index in [0.29, 0.717) is 5.56 Å². The molecule has 31 heavy (non-hydrogen) atoms. The van der Waals surface area contributed by atoms with Crippen LogP contribution in [0.4, 0.5) is 5.69 Å². The number of aromatic nitrogens is 3. The first-order valence-electron chi connectivity index (χ1n) is 10.6. The normalized spacial score (nSPS) is 14.3. The maximum absolute atomic E-state index is 13.0. The molecule has 0 aliphatic carbocycles. The molecule has 0 radical (unpaired) electrons. The van der Waals surface area contributed by atoms with Crippen LogP contribution in [0.5, 0.6) is 0 Å². The predicted molar refractivity (Wildman–Crippen MR) is 123 cm³/mol. The Bertz CT molecular complexity index is 1240. The van der Waals surface area contributed by atoms with Crippen molar-refractivity contribution in [1.82, 2.24) is 19.4 Å². The lowest BCUT2D eigenvalue weighted by Gasteiger charge is -2.37. The van der Waals surface area contributed by atoms with E-state index in [1.54, 1.807) is 12.5 Å². The Balaban J connectivity index is 1.28. The Labute approximate surface area is 181 Å². The molecule has 0 unspecified atom stereocenters. The summed E-state index contributed by atoms with van der Waals surface area (Å²) in [4.78, 5) is 26.2. The van der Waals surface area contributed by atoms with Crippen molar-refractivity contribution < 1.29 is 4.79 Å². The van der Waals surface area contributed by atoms with Gasteiger partial charge in [-0.25, -0.2) is 9.97 Å². The number of amides is 1. The smallest absolute Gasteiger partial charge is 0.253 e. The van der Waals surface area contributed by atoms with Crippen molar-refractivity contribution in [3.63, 3.8) is 0 Å². The van der Waals surface area contributed by atoms with Crippen molar-refractivity contribution in [2.45, 2.75) is 13.8 Å². The van der Waals surface area contributed by atoms with Crippen LogP contribution in [0.15, 0.2) is 67.1 Å². The molecule has 156 valence electrons. The molecular formula is C25H25N5O. The minimum absolute atomic E-state index is 0.0837. The summed E-state index contributed by atoms with van der Waals surface area (Å²) in [6.45, 7) is 7.42. The first-order chi connectivity index (χ1) is 15.1. The predicted octanol–water partition coefficient (Wildman–Crippen LogP) is 4.00. The zero-order chi connectivity index (χ0) is 21.4. The van der Waals surface area contributed by atoms with E-state index in [2.05, 4.69) is 46.9 Å². The highest BCUT2D eigenvalue weighted by Gasteiger charge is 2.23. The fourth-order valence-corrected chi connectivity index (χ4v) is 4.30. The topological polar surface area (TPSA) is 54.3 Å². The molecule has 0 bridgehead atoms. The van der Waals surface area contributed by atoms with Crippen molar-refractivity contribution in [2.75, 3.05) is 31.1 Å². The van der Waals surface area contributed by atoms with Gasteiger partial charge in [0, 0.05) is 49.3 Å². The number of nitrogens with zero attached hydrogens (tertiary/aromatic N) is 5. The maximum Gasteiger partial charge on any atom is 0.253 e. The number of aryl methyl sites for hydroxylation is 2. The van der Waals surface area contributed by atoms with Gasteiger partial charge in [-0.15, -0.1) is 0 Å². The standard InChI is InChI=1S/C25H25N5O/c1-18-5-10-23(19(2)16-18)28-12-14-29(15-13-28)25(31)20-6-8-21(9-7-20)30-17-27-22-4-3-11-26-24(22)30/h3-11,16-17H,12-15H2,1-2H3. The fraction of sp³-hybridized carbons (Fsp3) is 0.240. The van der Waals surface area contributed by atoms with Crippen LogP contribution < -0.4 is 4.90 Å². The van der Waals surface area contributed by atoms with Crippen LogP contribution in [0.2, 0.25) is 0 Å². The van der Waals surface area contributed by atoms with Gasteiger partial charge in [-0.3, -0.25) is 9.36 Å². The van der Waals surface area contributed by atoms with Gasteiger partial charge in [-0.2, -0.15) is 0 Å². The second-order valence-corrected chi connectivity index (χ2v) is 8.08. The first-order valence-corrected chi connectivity index (χ1v) is 10.6. The number of hydrogen-bond donors (Lipinski definition) is 0. The molecular weight excluding hydrogens is 386 g/mol. The Morgan fingerprint density at radius 1 is 0.903 bits per heavy atom. The molecule has 1 saturated heterocycles. The zero-order valence-corrected chi connectivity index (χ0v) is 17.8. The summed E-state index contributed by atoms with van der Waals surface area (Å²) in [5.41, 5.74) is 7.14. The summed E-state index contributed by atoms with van der Waals surface area (Å²) < 4.78 is 1.94. The largest absolute Gasteiger partial charge is 0.368 e. The highest BCUT2D eigenvalue weighted by atomic mass is 16.2. The number of rotatable bonds is 3. The minimum Gasteiger partial charge on any atom is -0.368 e. The van der Waals surface area contributed by atoms with Gasteiger partial charge in [0.2, 0.25) is 0 Å². The molecule has 1 fully saturated rings. The van der Waals surface area contributed by atoms with Crippen molar-refractivity contribution >= 4 is 22.8 Å². The van der Waals surface area contributed by atoms with Crippen molar-refractivity contribution in [3.05, 3.63) is 83.8 Å². The van der Waals surface area contributed by atoms with E-state index >= 15 is 0 Å². The minimum atomic E-state index is 0.0837. The van der Waals surface area contributed by atoms with Crippen LogP contribution in [0.3, 0.4) is 0 Å². The lowest BCUT2D eigenvalue weighted by molar-refractivity contribution is 0.0747. The highest BCUT2D eigenvalue weighted by Crippen LogP contribution is 2.23. The molecule has 1 aliphatic rings. The summed E-state index contributed by atoms with van der Waals surface area (Å²) in [6, 6.07) is 18.1. The lowest BCUT2D eigenvalue weighted by atomic mass is 10.1. The van der Waals surface area contributed by atoms with Crippen molar-refractivity contribution in [1.29, 1.82) is 0 Å². The third kappa shape index (κ3) is 3.65. The number of hydrogen-bond acceptors (Lipinski definition) is 4. The molecule has 3 heterocycles. The number of piperazine rings is 1. The SMILES string of the molecule is Cc1ccc(N2CCN(C(=O)c3ccc(-n4cnc5cccnc54)cc3)CC2)c(C)c1. The molecule has 0 atom stereocenters. The Hall–Kier alpha value is -3.67. The molecule has 0 saturated carbocycles. The van der Waals surface area contributed by atoms with Gasteiger partial charge < -0.3 is 9.80 Å². The zero-order valence-electron chi connectivity index (χ0n) is 17.8. The quantitative estimate of drug-likeness (QED) is 0.511. The second-order valence-electron chi connectivity index (χ2n) is 8.08. The number of carbonyl (C=O) groups excluding carboxylic acids is 1. The van der Waals surface area contributed by atoms with E-state index in [1.165, 1.54) is 16.8 Å². The van der Waals surface area contributed by atoms with Crippen LogP contribution in [0.25, 0.3) is 16.9 Å². The van der Waals surface area contributed by atoms with E-state index in [1.807, 2.05) is 45.9 Å². The first kappa shape index (κ1) is 19.3. The highest BCUT2D eigenvalue weighted by molar-refractivity contribution is 5.94. The number of carbonyl (C=O) groups is 1. The average Bonchev–Trinajstić information content (AvgIpc) is 3.23. The third-order valence-corrected chi connectivity index (χ3v) is 5.96. The molecule has 6 heteroatoms. The van der Waals surface area contributed by atoms with Crippen LogP contribution >= 0.6 is 0 Å². The summed E-state index contributed by atoms with van der Waals surface area (Å²) in [6.07, 6.45) is 3.52. The van der Waals surface area contributed by atoms with Gasteiger partial charge in [0.25, 0.3) is 5.91 Å². The average molecular weight is 412 g/mol. The van der Waals surface area contributed by atoms with Gasteiger partial charge in [-0.1, -0.05) is 17.7 Å². The fourth-order valence-electron chi connectivity index (χ4n) is 4.30. The van der Waals surface area contributed by atoms with Crippen LogP contribution in [-0.4, -0.2) is 51.5 Å². The molecule has 1 amide bonds. The van der Waals surface area contributed by atoms with Crippen LogP contribution in [0.1, 0.15) is 21.5 Å². The van der Waals surface area contributed by atoms with Crippen LogP contribution in [0, 0.1) is 13.8 Å². The summed E-state index contributed by atoms with van der Waals surface area (Å²) in [7, 11) is 0. The molecule has 4 aromatic rings. The molecule has 6 nitrogen and oxygen atoms in total. The molecule has 2 aromatic heterocycles. The van der Waals surface area contributed by atoms with E-state index in [0.717, 1.165) is 43.0 Å². The van der Waals surface area contributed by atoms with E-state index < -0.39 is 0 Å². The Morgan fingerprint density at radius 2 is 1.68 bits per heavy atom. The third-order valence-electron chi connectivity index (χ3n) is 5.96. The van der Waals surface area contributed by atoms with E-state index in [-0.39, 0.29) is 5.91 Å². The van der Waals surface area contributed by atoms with Crippen molar-refractivity contribution in [2.24, 2.45) is 0 Å².